The van der Waals surface area contributed by atoms with E-state index in [1.807, 2.05) is 19.3 Å². The normalized spacial score (nSPS) is 24.7. The minimum absolute atomic E-state index is 0.147. The lowest BCUT2D eigenvalue weighted by Crippen LogP contribution is -2.45. The molecule has 5 heteroatoms. The molecule has 0 radical (unpaired) electrons. The predicted molar refractivity (Wildman–Crippen MR) is 89.3 cm³/mol. The van der Waals surface area contributed by atoms with Crippen molar-refractivity contribution >= 4 is 5.95 Å². The molecule has 0 bridgehead atoms. The first-order valence-electron chi connectivity index (χ1n) is 8.23. The van der Waals surface area contributed by atoms with Crippen molar-refractivity contribution in [3.63, 3.8) is 0 Å². The number of benzene rings is 1. The molecule has 0 aliphatic carbocycles. The standard InChI is InChI=1S/C18H22N4O/c1-13-8-19-18(20-9-13)22-11-16(17(23)12-22)21-7-6-14-4-2-3-5-15(14)10-21/h2-5,8-9,16-17,23H,6-7,10-12H2,1H3. The Labute approximate surface area is 136 Å². The molecule has 4 rings (SSSR count). The van der Waals surface area contributed by atoms with Crippen LogP contribution in [0, 0.1) is 6.92 Å². The number of aryl methyl sites for hydroxylation is 1. The van der Waals surface area contributed by atoms with Crippen molar-refractivity contribution in [1.29, 1.82) is 0 Å². The Morgan fingerprint density at radius 1 is 1.09 bits per heavy atom. The van der Waals surface area contributed by atoms with Gasteiger partial charge in [0.2, 0.25) is 5.95 Å². The number of hydrogen-bond donors (Lipinski definition) is 1. The van der Waals surface area contributed by atoms with Crippen LogP contribution in [0.15, 0.2) is 36.7 Å². The summed E-state index contributed by atoms with van der Waals surface area (Å²) in [7, 11) is 0. The summed E-state index contributed by atoms with van der Waals surface area (Å²) < 4.78 is 0. The van der Waals surface area contributed by atoms with Gasteiger partial charge in [0, 0.05) is 38.6 Å². The fraction of sp³-hybridized carbons (Fsp3) is 0.444. The summed E-state index contributed by atoms with van der Waals surface area (Å²) in [5.74, 6) is 0.717. The molecule has 23 heavy (non-hydrogen) atoms. The van der Waals surface area contributed by atoms with Gasteiger partial charge in [0.1, 0.15) is 0 Å². The van der Waals surface area contributed by atoms with Crippen LogP contribution in [-0.4, -0.2) is 51.8 Å². The summed E-state index contributed by atoms with van der Waals surface area (Å²) >= 11 is 0. The highest BCUT2D eigenvalue weighted by Gasteiger charge is 2.37. The maximum atomic E-state index is 10.5. The Bertz CT molecular complexity index is 688. The summed E-state index contributed by atoms with van der Waals surface area (Å²) in [6.45, 7) is 5.29. The Kier molecular flexibility index (Phi) is 3.75. The van der Waals surface area contributed by atoms with E-state index in [2.05, 4.69) is 44.0 Å². The van der Waals surface area contributed by atoms with Gasteiger partial charge in [-0.05, 0) is 30.0 Å². The summed E-state index contributed by atoms with van der Waals surface area (Å²) in [6, 6.07) is 8.76. The topological polar surface area (TPSA) is 52.5 Å². The van der Waals surface area contributed by atoms with Crippen molar-refractivity contribution in [2.45, 2.75) is 32.0 Å². The lowest BCUT2D eigenvalue weighted by atomic mass is 9.98. The lowest BCUT2D eigenvalue weighted by molar-refractivity contribution is 0.0747. The number of rotatable bonds is 2. The zero-order valence-electron chi connectivity index (χ0n) is 13.4. The van der Waals surface area contributed by atoms with E-state index in [1.165, 1.54) is 11.1 Å². The second kappa shape index (κ2) is 5.91. The lowest BCUT2D eigenvalue weighted by Gasteiger charge is -2.34. The summed E-state index contributed by atoms with van der Waals surface area (Å²) in [5, 5.41) is 10.5. The summed E-state index contributed by atoms with van der Waals surface area (Å²) in [6.07, 6.45) is 4.36. The molecule has 1 N–H and O–H groups in total. The van der Waals surface area contributed by atoms with Crippen LogP contribution in [0.1, 0.15) is 16.7 Å². The first kappa shape index (κ1) is 14.6. The first-order valence-corrected chi connectivity index (χ1v) is 8.23. The molecular weight excluding hydrogens is 288 g/mol. The van der Waals surface area contributed by atoms with Crippen molar-refractivity contribution in [3.8, 4) is 0 Å². The number of aliphatic hydroxyl groups excluding tert-OH is 1. The zero-order chi connectivity index (χ0) is 15.8. The molecule has 2 aliphatic rings. The maximum absolute atomic E-state index is 10.5. The van der Waals surface area contributed by atoms with Crippen molar-refractivity contribution in [1.82, 2.24) is 14.9 Å². The number of hydrogen-bond acceptors (Lipinski definition) is 5. The molecule has 2 atom stereocenters. The van der Waals surface area contributed by atoms with Crippen molar-refractivity contribution < 1.29 is 5.11 Å². The molecular formula is C18H22N4O. The monoisotopic (exact) mass is 310 g/mol. The largest absolute Gasteiger partial charge is 0.390 e. The molecule has 0 spiro atoms. The average molecular weight is 310 g/mol. The SMILES string of the molecule is Cc1cnc(N2CC(O)C(N3CCc4ccccc4C3)C2)nc1. The average Bonchev–Trinajstić information content (AvgIpc) is 2.97. The fourth-order valence-corrected chi connectivity index (χ4v) is 3.64. The van der Waals surface area contributed by atoms with Gasteiger partial charge >= 0.3 is 0 Å². The molecule has 120 valence electrons. The van der Waals surface area contributed by atoms with Gasteiger partial charge in [0.05, 0.1) is 12.1 Å². The van der Waals surface area contributed by atoms with Gasteiger partial charge in [-0.25, -0.2) is 9.97 Å². The molecule has 1 aromatic carbocycles. The van der Waals surface area contributed by atoms with E-state index in [9.17, 15) is 5.11 Å². The number of anilines is 1. The highest BCUT2D eigenvalue weighted by atomic mass is 16.3. The van der Waals surface area contributed by atoms with Crippen LogP contribution >= 0.6 is 0 Å². The second-order valence-corrected chi connectivity index (χ2v) is 6.59. The number of β-amino-alcohol motifs (C(OH)–C–C–N with tert-alkyl or cyclic N) is 1. The molecule has 0 saturated carbocycles. The predicted octanol–water partition coefficient (Wildman–Crippen LogP) is 1.39. The van der Waals surface area contributed by atoms with Gasteiger partial charge in [-0.2, -0.15) is 0 Å². The second-order valence-electron chi connectivity index (χ2n) is 6.59. The van der Waals surface area contributed by atoms with Gasteiger partial charge < -0.3 is 10.0 Å². The first-order chi connectivity index (χ1) is 11.2. The van der Waals surface area contributed by atoms with Crippen LogP contribution in [0.3, 0.4) is 0 Å². The van der Waals surface area contributed by atoms with Crippen LogP contribution in [-0.2, 0) is 13.0 Å². The van der Waals surface area contributed by atoms with E-state index < -0.39 is 0 Å². The Hall–Kier alpha value is -1.98. The third kappa shape index (κ3) is 2.82. The van der Waals surface area contributed by atoms with Crippen molar-refractivity contribution in [3.05, 3.63) is 53.3 Å². The van der Waals surface area contributed by atoms with E-state index in [0.717, 1.165) is 37.6 Å². The highest BCUT2D eigenvalue weighted by Crippen LogP contribution is 2.26. The zero-order valence-corrected chi connectivity index (χ0v) is 13.4. The number of aromatic nitrogens is 2. The number of nitrogens with zero attached hydrogens (tertiary/aromatic N) is 4. The van der Waals surface area contributed by atoms with Crippen LogP contribution in [0.2, 0.25) is 0 Å². The van der Waals surface area contributed by atoms with E-state index >= 15 is 0 Å². The molecule has 2 aliphatic heterocycles. The summed E-state index contributed by atoms with van der Waals surface area (Å²) in [4.78, 5) is 13.3. The molecule has 5 nitrogen and oxygen atoms in total. The molecule has 2 unspecified atom stereocenters. The third-order valence-corrected chi connectivity index (χ3v) is 4.94. The van der Waals surface area contributed by atoms with Crippen LogP contribution in [0.4, 0.5) is 5.95 Å². The van der Waals surface area contributed by atoms with E-state index in [-0.39, 0.29) is 12.1 Å². The molecule has 3 heterocycles. The fourth-order valence-electron chi connectivity index (χ4n) is 3.64. The summed E-state index contributed by atoms with van der Waals surface area (Å²) in [5.41, 5.74) is 3.88. The Morgan fingerprint density at radius 3 is 2.61 bits per heavy atom. The quantitative estimate of drug-likeness (QED) is 0.908. The van der Waals surface area contributed by atoms with Gasteiger partial charge in [-0.15, -0.1) is 0 Å². The molecule has 0 amide bonds. The minimum atomic E-state index is -0.356. The molecule has 2 aromatic rings. The molecule has 1 saturated heterocycles. The smallest absolute Gasteiger partial charge is 0.225 e. The third-order valence-electron chi connectivity index (χ3n) is 4.94. The van der Waals surface area contributed by atoms with Crippen LogP contribution in [0.25, 0.3) is 0 Å². The van der Waals surface area contributed by atoms with Crippen LogP contribution < -0.4 is 4.90 Å². The van der Waals surface area contributed by atoms with E-state index in [0.29, 0.717) is 6.54 Å². The number of aliphatic hydroxyl groups is 1. The van der Waals surface area contributed by atoms with Gasteiger partial charge in [-0.1, -0.05) is 24.3 Å². The Morgan fingerprint density at radius 2 is 1.83 bits per heavy atom. The Balaban J connectivity index is 1.49. The maximum Gasteiger partial charge on any atom is 0.225 e. The number of fused-ring (bicyclic) bond motifs is 1. The van der Waals surface area contributed by atoms with Gasteiger partial charge in [-0.3, -0.25) is 4.90 Å². The van der Waals surface area contributed by atoms with Crippen molar-refractivity contribution in [2.75, 3.05) is 24.5 Å². The van der Waals surface area contributed by atoms with Gasteiger partial charge in [0.25, 0.3) is 0 Å². The van der Waals surface area contributed by atoms with E-state index in [1.54, 1.807) is 0 Å². The minimum Gasteiger partial charge on any atom is -0.390 e. The van der Waals surface area contributed by atoms with E-state index in [4.69, 9.17) is 0 Å². The molecule has 1 fully saturated rings. The van der Waals surface area contributed by atoms with Crippen LogP contribution in [0.5, 0.6) is 0 Å². The van der Waals surface area contributed by atoms with Crippen molar-refractivity contribution in [2.24, 2.45) is 0 Å². The highest BCUT2D eigenvalue weighted by molar-refractivity contribution is 5.34. The van der Waals surface area contributed by atoms with Gasteiger partial charge in [0.15, 0.2) is 0 Å². The molecule has 1 aromatic heterocycles.